The van der Waals surface area contributed by atoms with E-state index >= 15 is 0 Å². The van der Waals surface area contributed by atoms with Gasteiger partial charge in [0, 0.05) is 6.54 Å². The number of hydrogen-bond donors (Lipinski definition) is 1. The van der Waals surface area contributed by atoms with Gasteiger partial charge in [-0.1, -0.05) is 29.7 Å². The Morgan fingerprint density at radius 3 is 2.71 bits per heavy atom. The lowest BCUT2D eigenvalue weighted by molar-refractivity contribution is 0.325. The molecule has 14 heavy (non-hydrogen) atoms. The molecular weight excluding hydrogens is 171 g/mol. The third-order valence-electron chi connectivity index (χ3n) is 2.24. The zero-order chi connectivity index (χ0) is 10.4. The van der Waals surface area contributed by atoms with Crippen LogP contribution in [-0.2, 0) is 6.54 Å². The van der Waals surface area contributed by atoms with E-state index in [9.17, 15) is 0 Å². The van der Waals surface area contributed by atoms with E-state index in [1.54, 1.807) is 0 Å². The molecule has 0 atom stereocenters. The molecule has 1 rings (SSSR count). The van der Waals surface area contributed by atoms with Gasteiger partial charge in [-0.15, -0.1) is 0 Å². The lowest BCUT2D eigenvalue weighted by Crippen LogP contribution is -2.24. The van der Waals surface area contributed by atoms with Crippen LogP contribution in [0.15, 0.2) is 24.3 Å². The molecule has 0 unspecified atom stereocenters. The zero-order valence-corrected chi connectivity index (χ0v) is 8.74. The van der Waals surface area contributed by atoms with Crippen LogP contribution in [0.1, 0.15) is 12.0 Å². The first-order valence-electron chi connectivity index (χ1n) is 4.96. The first kappa shape index (κ1) is 11.3. The maximum Gasteiger partial charge on any atom is 0.114 e. The molecule has 0 aliphatic heterocycles. The lowest BCUT2D eigenvalue weighted by atomic mass is 9.90. The molecule has 0 saturated heterocycles. The quantitative estimate of drug-likeness (QED) is 0.671. The van der Waals surface area contributed by atoms with Gasteiger partial charge in [0.15, 0.2) is 0 Å². The Labute approximate surface area is 87.5 Å². The molecule has 0 spiro atoms. The van der Waals surface area contributed by atoms with Gasteiger partial charge in [-0.3, -0.25) is 0 Å². The number of hydrogen-bond acceptors (Lipinski definition) is 2. The number of benzene rings is 1. The first-order chi connectivity index (χ1) is 6.74. The Hall–Kier alpha value is -0.795. The topological polar surface area (TPSA) is 29.3 Å². The van der Waals surface area contributed by atoms with Crippen LogP contribution >= 0.6 is 0 Å². The summed E-state index contributed by atoms with van der Waals surface area (Å²) in [5, 5.41) is 0. The van der Waals surface area contributed by atoms with Gasteiger partial charge >= 0.3 is 0 Å². The van der Waals surface area contributed by atoms with Crippen LogP contribution in [-0.4, -0.2) is 32.9 Å². The first-order valence-corrected chi connectivity index (χ1v) is 4.96. The van der Waals surface area contributed by atoms with Gasteiger partial charge in [-0.05, 0) is 32.1 Å². The van der Waals surface area contributed by atoms with Gasteiger partial charge in [0.2, 0.25) is 0 Å². The van der Waals surface area contributed by atoms with E-state index in [4.69, 9.17) is 13.6 Å². The third-order valence-corrected chi connectivity index (χ3v) is 2.24. The summed E-state index contributed by atoms with van der Waals surface area (Å²) in [4.78, 5) is 2.23. The van der Waals surface area contributed by atoms with Crippen molar-refractivity contribution in [2.75, 3.05) is 20.1 Å². The van der Waals surface area contributed by atoms with Crippen molar-refractivity contribution in [3.8, 4) is 0 Å². The summed E-state index contributed by atoms with van der Waals surface area (Å²) in [5.41, 5.74) is 7.50. The molecule has 3 heteroatoms. The predicted molar refractivity (Wildman–Crippen MR) is 61.8 cm³/mol. The highest BCUT2D eigenvalue weighted by Crippen LogP contribution is 1.99. The van der Waals surface area contributed by atoms with Crippen LogP contribution in [0.25, 0.3) is 0 Å². The smallest absolute Gasteiger partial charge is 0.114 e. The van der Waals surface area contributed by atoms with Crippen LogP contribution in [0, 0.1) is 0 Å². The van der Waals surface area contributed by atoms with E-state index in [1.165, 1.54) is 5.56 Å². The Balaban J connectivity index is 2.47. The van der Waals surface area contributed by atoms with Crippen molar-refractivity contribution in [3.05, 3.63) is 29.8 Å². The van der Waals surface area contributed by atoms with Crippen molar-refractivity contribution < 1.29 is 0 Å². The average molecular weight is 188 g/mol. The highest BCUT2D eigenvalue weighted by molar-refractivity contribution is 6.33. The largest absolute Gasteiger partial charge is 0.330 e. The SMILES string of the molecule is [B]c1ccccc1CN(C)CCCN. The predicted octanol–water partition coefficient (Wildman–Crippen LogP) is 0.261. The van der Waals surface area contributed by atoms with Crippen LogP contribution in [0.2, 0.25) is 0 Å². The Morgan fingerprint density at radius 2 is 2.07 bits per heavy atom. The second kappa shape index (κ2) is 5.84. The lowest BCUT2D eigenvalue weighted by Gasteiger charge is -2.17. The van der Waals surface area contributed by atoms with E-state index in [0.717, 1.165) is 31.5 Å². The van der Waals surface area contributed by atoms with Crippen molar-refractivity contribution in [2.24, 2.45) is 5.73 Å². The van der Waals surface area contributed by atoms with Crippen molar-refractivity contribution in [1.29, 1.82) is 0 Å². The molecule has 0 aromatic heterocycles. The van der Waals surface area contributed by atoms with Crippen molar-refractivity contribution in [3.63, 3.8) is 0 Å². The molecule has 0 fully saturated rings. The fraction of sp³-hybridized carbons (Fsp3) is 0.455. The number of rotatable bonds is 5. The maximum atomic E-state index is 5.85. The highest BCUT2D eigenvalue weighted by Gasteiger charge is 2.01. The molecule has 0 amide bonds. The summed E-state index contributed by atoms with van der Waals surface area (Å²) in [6, 6.07) is 7.97. The van der Waals surface area contributed by atoms with Crippen molar-refractivity contribution in [2.45, 2.75) is 13.0 Å². The van der Waals surface area contributed by atoms with Crippen LogP contribution in [0.4, 0.5) is 0 Å². The molecule has 1 aromatic rings. The fourth-order valence-electron chi connectivity index (χ4n) is 1.41. The molecule has 0 bridgehead atoms. The molecule has 0 saturated carbocycles. The molecule has 2 radical (unpaired) electrons. The van der Waals surface area contributed by atoms with E-state index in [-0.39, 0.29) is 0 Å². The van der Waals surface area contributed by atoms with E-state index in [1.807, 2.05) is 18.2 Å². The molecule has 1 aromatic carbocycles. The van der Waals surface area contributed by atoms with E-state index in [0.29, 0.717) is 0 Å². The van der Waals surface area contributed by atoms with E-state index < -0.39 is 0 Å². The van der Waals surface area contributed by atoms with Crippen molar-refractivity contribution >= 4 is 13.3 Å². The Kier molecular flexibility index (Phi) is 4.70. The summed E-state index contributed by atoms with van der Waals surface area (Å²) in [7, 11) is 7.93. The molecule has 0 aliphatic carbocycles. The molecule has 0 heterocycles. The molecule has 74 valence electrons. The summed E-state index contributed by atoms with van der Waals surface area (Å²) in [6.07, 6.45) is 1.03. The third kappa shape index (κ3) is 3.52. The molecule has 0 aliphatic rings. The van der Waals surface area contributed by atoms with E-state index in [2.05, 4.69) is 18.0 Å². The van der Waals surface area contributed by atoms with Gasteiger partial charge in [0.1, 0.15) is 7.85 Å². The standard InChI is InChI=1S/C11H17BN2/c1-14(8-4-7-13)9-10-5-2-3-6-11(10)12/h2-3,5-6H,4,7-9,13H2,1H3. The van der Waals surface area contributed by atoms with Crippen LogP contribution in [0.3, 0.4) is 0 Å². The minimum atomic E-state index is 0.745. The summed E-state index contributed by atoms with van der Waals surface area (Å²) >= 11 is 0. The van der Waals surface area contributed by atoms with Gasteiger partial charge in [-0.25, -0.2) is 0 Å². The van der Waals surface area contributed by atoms with Gasteiger partial charge in [-0.2, -0.15) is 0 Å². The highest BCUT2D eigenvalue weighted by atomic mass is 15.1. The normalized spacial score (nSPS) is 10.8. The Morgan fingerprint density at radius 1 is 1.36 bits per heavy atom. The second-order valence-corrected chi connectivity index (χ2v) is 3.58. The summed E-state index contributed by atoms with van der Waals surface area (Å²) in [6.45, 7) is 2.66. The molecular formula is C11H17BN2. The van der Waals surface area contributed by atoms with Gasteiger partial charge < -0.3 is 10.6 Å². The average Bonchev–Trinajstić information content (AvgIpc) is 2.18. The van der Waals surface area contributed by atoms with Gasteiger partial charge in [0.25, 0.3) is 0 Å². The maximum absolute atomic E-state index is 5.85. The second-order valence-electron chi connectivity index (χ2n) is 3.58. The van der Waals surface area contributed by atoms with Crippen LogP contribution in [0.5, 0.6) is 0 Å². The fourth-order valence-corrected chi connectivity index (χ4v) is 1.41. The minimum Gasteiger partial charge on any atom is -0.330 e. The van der Waals surface area contributed by atoms with Gasteiger partial charge in [0.05, 0.1) is 0 Å². The summed E-state index contributed by atoms with van der Waals surface area (Å²) in [5.74, 6) is 0. The molecule has 2 nitrogen and oxygen atoms in total. The zero-order valence-electron chi connectivity index (χ0n) is 8.74. The van der Waals surface area contributed by atoms with Crippen molar-refractivity contribution in [1.82, 2.24) is 4.90 Å². The molecule has 2 N–H and O–H groups in total. The Bertz CT molecular complexity index is 276. The number of nitrogens with zero attached hydrogens (tertiary/aromatic N) is 1. The van der Waals surface area contributed by atoms with Crippen LogP contribution < -0.4 is 11.2 Å². The summed E-state index contributed by atoms with van der Waals surface area (Å²) < 4.78 is 0. The monoisotopic (exact) mass is 188 g/mol. The minimum absolute atomic E-state index is 0.745. The number of nitrogens with two attached hydrogens (primary N) is 1.